The molecule has 19 heavy (non-hydrogen) atoms. The number of rotatable bonds is 3. The standard InChI is InChI=1S/C10H13N5O4/c1-14-5(3-4(11)9(17)18)12-7-6(14)8(16)13-10(19)15(7)2/h4H,3,11H2,1-2H3,(H,17,18)(H,13,16,19)/t4-/m0/s1. The van der Waals surface area contributed by atoms with Gasteiger partial charge in [-0.3, -0.25) is 19.1 Å². The first-order valence-corrected chi connectivity index (χ1v) is 5.46. The van der Waals surface area contributed by atoms with Crippen molar-refractivity contribution in [1.29, 1.82) is 0 Å². The van der Waals surface area contributed by atoms with Gasteiger partial charge < -0.3 is 15.4 Å². The van der Waals surface area contributed by atoms with E-state index < -0.39 is 23.3 Å². The molecule has 0 bridgehead atoms. The number of carboxylic acids is 1. The number of H-pyrrole nitrogens is 1. The van der Waals surface area contributed by atoms with Gasteiger partial charge in [-0.2, -0.15) is 0 Å². The van der Waals surface area contributed by atoms with Crippen molar-refractivity contribution in [3.63, 3.8) is 0 Å². The van der Waals surface area contributed by atoms with Gasteiger partial charge in [0.1, 0.15) is 11.9 Å². The number of aliphatic carboxylic acids is 1. The molecule has 0 unspecified atom stereocenters. The van der Waals surface area contributed by atoms with Crippen LogP contribution in [0.3, 0.4) is 0 Å². The Morgan fingerprint density at radius 3 is 2.63 bits per heavy atom. The molecule has 0 fully saturated rings. The van der Waals surface area contributed by atoms with E-state index in [1.54, 1.807) is 7.05 Å². The summed E-state index contributed by atoms with van der Waals surface area (Å²) in [5.41, 5.74) is 4.69. The number of nitrogens with zero attached hydrogens (tertiary/aromatic N) is 3. The van der Waals surface area contributed by atoms with E-state index in [9.17, 15) is 14.4 Å². The lowest BCUT2D eigenvalue weighted by Crippen LogP contribution is -2.33. The molecule has 0 aliphatic carbocycles. The van der Waals surface area contributed by atoms with Crippen LogP contribution < -0.4 is 17.0 Å². The topological polar surface area (TPSA) is 136 Å². The summed E-state index contributed by atoms with van der Waals surface area (Å²) in [6.07, 6.45) is -0.0336. The number of nitrogens with two attached hydrogens (primary N) is 1. The Bertz CT molecular complexity index is 769. The molecule has 2 heterocycles. The molecular weight excluding hydrogens is 254 g/mol. The van der Waals surface area contributed by atoms with Crippen molar-refractivity contribution in [3.05, 3.63) is 26.7 Å². The van der Waals surface area contributed by atoms with Gasteiger partial charge in [0.05, 0.1) is 0 Å². The number of carbonyl (C=O) groups is 1. The molecule has 9 nitrogen and oxygen atoms in total. The van der Waals surface area contributed by atoms with Crippen molar-refractivity contribution < 1.29 is 9.90 Å². The number of nitrogens with one attached hydrogen (secondary N) is 1. The highest BCUT2D eigenvalue weighted by Crippen LogP contribution is 2.09. The average molecular weight is 267 g/mol. The van der Waals surface area contributed by atoms with E-state index in [-0.39, 0.29) is 17.6 Å². The van der Waals surface area contributed by atoms with Crippen molar-refractivity contribution >= 4 is 17.1 Å². The van der Waals surface area contributed by atoms with E-state index in [2.05, 4.69) is 9.97 Å². The van der Waals surface area contributed by atoms with Gasteiger partial charge in [-0.15, -0.1) is 0 Å². The van der Waals surface area contributed by atoms with E-state index in [1.165, 1.54) is 16.2 Å². The summed E-state index contributed by atoms with van der Waals surface area (Å²) in [4.78, 5) is 40.2. The smallest absolute Gasteiger partial charge is 0.329 e. The van der Waals surface area contributed by atoms with Gasteiger partial charge in [0.2, 0.25) is 0 Å². The third-order valence-corrected chi connectivity index (χ3v) is 2.95. The molecule has 2 rings (SSSR count). The van der Waals surface area contributed by atoms with E-state index in [0.29, 0.717) is 5.82 Å². The Balaban J connectivity index is 2.67. The summed E-state index contributed by atoms with van der Waals surface area (Å²) in [5.74, 6) is -0.827. The lowest BCUT2D eigenvalue weighted by Gasteiger charge is -2.05. The van der Waals surface area contributed by atoms with Crippen molar-refractivity contribution in [2.45, 2.75) is 12.5 Å². The second kappa shape index (κ2) is 4.35. The van der Waals surface area contributed by atoms with Gasteiger partial charge in [-0.25, -0.2) is 9.78 Å². The van der Waals surface area contributed by atoms with Crippen LogP contribution in [0.1, 0.15) is 5.82 Å². The zero-order valence-electron chi connectivity index (χ0n) is 10.4. The van der Waals surface area contributed by atoms with Crippen LogP contribution in [0.5, 0.6) is 0 Å². The Kier molecular flexibility index (Phi) is 2.98. The normalized spacial score (nSPS) is 12.8. The van der Waals surface area contributed by atoms with Crippen molar-refractivity contribution in [3.8, 4) is 0 Å². The molecule has 2 aromatic rings. The first-order chi connectivity index (χ1) is 8.82. The molecule has 1 atom stereocenters. The monoisotopic (exact) mass is 267 g/mol. The molecule has 9 heteroatoms. The summed E-state index contributed by atoms with van der Waals surface area (Å²) in [7, 11) is 3.04. The highest BCUT2D eigenvalue weighted by molar-refractivity contribution is 5.74. The largest absolute Gasteiger partial charge is 0.480 e. The third kappa shape index (κ3) is 2.03. The number of carboxylic acid groups (broad SMARTS) is 1. The maximum Gasteiger partial charge on any atom is 0.329 e. The second-order valence-corrected chi connectivity index (χ2v) is 4.23. The number of aryl methyl sites for hydroxylation is 2. The summed E-state index contributed by atoms with van der Waals surface area (Å²) in [6.45, 7) is 0. The van der Waals surface area contributed by atoms with Crippen LogP contribution >= 0.6 is 0 Å². The van der Waals surface area contributed by atoms with E-state index in [4.69, 9.17) is 10.8 Å². The fourth-order valence-corrected chi connectivity index (χ4v) is 1.82. The SMILES string of the molecule is Cn1c(C[C@H](N)C(=O)O)nc2c1c(=O)[nH]c(=O)n2C. The zero-order chi connectivity index (χ0) is 14.3. The number of hydrogen-bond acceptors (Lipinski definition) is 5. The van der Waals surface area contributed by atoms with Gasteiger partial charge in [0, 0.05) is 20.5 Å². The molecule has 0 saturated heterocycles. The molecule has 0 amide bonds. The minimum atomic E-state index is -1.16. The first kappa shape index (κ1) is 13.0. The minimum absolute atomic E-state index is 0.0336. The molecule has 0 saturated carbocycles. The summed E-state index contributed by atoms with van der Waals surface area (Å²) < 4.78 is 2.63. The number of fused-ring (bicyclic) bond motifs is 1. The van der Waals surface area contributed by atoms with Crippen LogP contribution in [0.25, 0.3) is 11.2 Å². The van der Waals surface area contributed by atoms with Crippen molar-refractivity contribution in [2.24, 2.45) is 19.8 Å². The fraction of sp³-hybridized carbons (Fsp3) is 0.400. The first-order valence-electron chi connectivity index (χ1n) is 5.46. The quantitative estimate of drug-likeness (QED) is 0.583. The third-order valence-electron chi connectivity index (χ3n) is 2.95. The van der Waals surface area contributed by atoms with Crippen molar-refractivity contribution in [1.82, 2.24) is 19.1 Å². The zero-order valence-corrected chi connectivity index (χ0v) is 10.4. The van der Waals surface area contributed by atoms with Gasteiger partial charge >= 0.3 is 11.7 Å². The van der Waals surface area contributed by atoms with Gasteiger partial charge in [0.25, 0.3) is 5.56 Å². The van der Waals surface area contributed by atoms with E-state index in [1.807, 2.05) is 0 Å². The maximum atomic E-state index is 11.7. The number of aromatic nitrogens is 4. The summed E-state index contributed by atoms with van der Waals surface area (Å²) in [6, 6.07) is -1.12. The molecule has 0 aliphatic rings. The Morgan fingerprint density at radius 2 is 2.05 bits per heavy atom. The number of aromatic amines is 1. The highest BCUT2D eigenvalue weighted by atomic mass is 16.4. The lowest BCUT2D eigenvalue weighted by atomic mass is 10.2. The molecule has 0 aliphatic heterocycles. The second-order valence-electron chi connectivity index (χ2n) is 4.23. The highest BCUT2D eigenvalue weighted by Gasteiger charge is 2.19. The van der Waals surface area contributed by atoms with Crippen molar-refractivity contribution in [2.75, 3.05) is 0 Å². The van der Waals surface area contributed by atoms with Crippen LogP contribution in [0.15, 0.2) is 9.59 Å². The summed E-state index contributed by atoms with van der Waals surface area (Å²) in [5, 5.41) is 8.78. The van der Waals surface area contributed by atoms with Gasteiger partial charge in [-0.05, 0) is 0 Å². The van der Waals surface area contributed by atoms with Gasteiger partial charge in [-0.1, -0.05) is 0 Å². The van der Waals surface area contributed by atoms with Crippen LogP contribution in [-0.4, -0.2) is 36.2 Å². The lowest BCUT2D eigenvalue weighted by molar-refractivity contribution is -0.138. The molecule has 4 N–H and O–H groups in total. The van der Waals surface area contributed by atoms with E-state index >= 15 is 0 Å². The molecule has 2 aromatic heterocycles. The fourth-order valence-electron chi connectivity index (χ4n) is 1.82. The predicted octanol–water partition coefficient (Wildman–Crippen LogP) is -2.09. The van der Waals surface area contributed by atoms with Crippen LogP contribution in [0.4, 0.5) is 0 Å². The number of imidazole rings is 1. The molecule has 0 aromatic carbocycles. The number of hydrogen-bond donors (Lipinski definition) is 3. The molecular formula is C10H13N5O4. The summed E-state index contributed by atoms with van der Waals surface area (Å²) >= 11 is 0. The van der Waals surface area contributed by atoms with Gasteiger partial charge in [0.15, 0.2) is 11.2 Å². The minimum Gasteiger partial charge on any atom is -0.480 e. The molecule has 0 spiro atoms. The molecule has 102 valence electrons. The van der Waals surface area contributed by atoms with Crippen LogP contribution in [0.2, 0.25) is 0 Å². The Labute approximate surface area is 106 Å². The predicted molar refractivity (Wildman–Crippen MR) is 65.9 cm³/mol. The molecule has 0 radical (unpaired) electrons. The van der Waals surface area contributed by atoms with Crippen LogP contribution in [-0.2, 0) is 25.3 Å². The maximum absolute atomic E-state index is 11.7. The Hall–Kier alpha value is -2.42. The Morgan fingerprint density at radius 1 is 1.42 bits per heavy atom. The average Bonchev–Trinajstić information content (AvgIpc) is 2.64. The van der Waals surface area contributed by atoms with E-state index in [0.717, 1.165) is 0 Å². The van der Waals surface area contributed by atoms with Crippen LogP contribution in [0, 0.1) is 0 Å².